The third-order valence-corrected chi connectivity index (χ3v) is 2.34. The van der Waals surface area contributed by atoms with Gasteiger partial charge in [-0.1, -0.05) is 12.1 Å². The Hall–Kier alpha value is -2.30. The average Bonchev–Trinajstić information content (AvgIpc) is 2.44. The number of hydrogen-bond donors (Lipinski definition) is 2. The first-order valence-electron chi connectivity index (χ1n) is 6.02. The van der Waals surface area contributed by atoms with Gasteiger partial charge in [-0.05, 0) is 30.7 Å². The highest BCUT2D eigenvalue weighted by Crippen LogP contribution is 2.11. The first-order chi connectivity index (χ1) is 9.15. The summed E-state index contributed by atoms with van der Waals surface area (Å²) in [6.07, 6.45) is 3.06. The lowest BCUT2D eigenvalue weighted by Crippen LogP contribution is -2.35. The molecule has 102 valence electrons. The molecule has 2 N–H and O–H groups in total. The minimum absolute atomic E-state index is 0.0143. The second-order valence-electron chi connectivity index (χ2n) is 3.78. The summed E-state index contributed by atoms with van der Waals surface area (Å²) in [6, 6.07) is 7.30. The lowest BCUT2D eigenvalue weighted by molar-refractivity contribution is -0.123. The third-order valence-electron chi connectivity index (χ3n) is 2.34. The van der Waals surface area contributed by atoms with Crippen molar-refractivity contribution in [1.82, 2.24) is 10.6 Å². The zero-order valence-corrected chi connectivity index (χ0v) is 11.1. The van der Waals surface area contributed by atoms with Gasteiger partial charge in [-0.3, -0.25) is 9.59 Å². The molecule has 0 spiro atoms. The topological polar surface area (TPSA) is 67.4 Å². The summed E-state index contributed by atoms with van der Waals surface area (Å²) < 4.78 is 5.03. The van der Waals surface area contributed by atoms with Gasteiger partial charge >= 0.3 is 0 Å². The van der Waals surface area contributed by atoms with Crippen LogP contribution in [0.2, 0.25) is 0 Å². The van der Waals surface area contributed by atoms with Crippen molar-refractivity contribution in [2.24, 2.45) is 0 Å². The van der Waals surface area contributed by atoms with E-state index in [1.165, 1.54) is 6.08 Å². The molecule has 0 aliphatic rings. The van der Waals surface area contributed by atoms with Crippen LogP contribution >= 0.6 is 0 Å². The van der Waals surface area contributed by atoms with Crippen LogP contribution in [0.4, 0.5) is 0 Å². The monoisotopic (exact) mass is 262 g/mol. The predicted octanol–water partition coefficient (Wildman–Crippen LogP) is 0.961. The molecule has 0 heterocycles. The number of methoxy groups -OCH3 is 1. The normalized spacial score (nSPS) is 10.2. The Morgan fingerprint density at radius 2 is 1.89 bits per heavy atom. The minimum Gasteiger partial charge on any atom is -0.497 e. The van der Waals surface area contributed by atoms with Gasteiger partial charge in [0.1, 0.15) is 5.75 Å². The van der Waals surface area contributed by atoms with Gasteiger partial charge in [0.15, 0.2) is 0 Å². The molecule has 0 aromatic heterocycles. The summed E-state index contributed by atoms with van der Waals surface area (Å²) >= 11 is 0. The van der Waals surface area contributed by atoms with Crippen molar-refractivity contribution >= 4 is 17.9 Å². The van der Waals surface area contributed by atoms with Crippen LogP contribution < -0.4 is 15.4 Å². The van der Waals surface area contributed by atoms with Crippen LogP contribution in [0.25, 0.3) is 6.08 Å². The highest BCUT2D eigenvalue weighted by atomic mass is 16.5. The fraction of sp³-hybridized carbons (Fsp3) is 0.286. The Balaban J connectivity index is 2.42. The van der Waals surface area contributed by atoms with E-state index in [0.717, 1.165) is 11.3 Å². The van der Waals surface area contributed by atoms with Crippen LogP contribution in [0.5, 0.6) is 5.75 Å². The number of nitrogens with one attached hydrogen (secondary N) is 2. The van der Waals surface area contributed by atoms with E-state index in [9.17, 15) is 9.59 Å². The predicted molar refractivity (Wildman–Crippen MR) is 73.7 cm³/mol. The van der Waals surface area contributed by atoms with Gasteiger partial charge in [0.2, 0.25) is 11.8 Å². The largest absolute Gasteiger partial charge is 0.497 e. The molecule has 1 aromatic rings. The number of benzene rings is 1. The van der Waals surface area contributed by atoms with Gasteiger partial charge in [-0.2, -0.15) is 0 Å². The number of ether oxygens (including phenoxy) is 1. The molecular weight excluding hydrogens is 244 g/mol. The Morgan fingerprint density at radius 3 is 2.47 bits per heavy atom. The summed E-state index contributed by atoms with van der Waals surface area (Å²) in [4.78, 5) is 22.6. The van der Waals surface area contributed by atoms with Gasteiger partial charge in [0, 0.05) is 12.6 Å². The number of carbonyl (C=O) groups excluding carboxylic acids is 2. The Kier molecular flexibility index (Phi) is 6.15. The molecule has 5 nitrogen and oxygen atoms in total. The van der Waals surface area contributed by atoms with Crippen LogP contribution in [0.1, 0.15) is 12.5 Å². The maximum Gasteiger partial charge on any atom is 0.244 e. The maximum atomic E-state index is 11.4. The van der Waals surface area contributed by atoms with E-state index < -0.39 is 0 Å². The molecule has 1 rings (SSSR count). The number of likely N-dealkylation sites (N-methyl/N-ethyl adjacent to an activating group) is 1. The zero-order chi connectivity index (χ0) is 14.1. The lowest BCUT2D eigenvalue weighted by Gasteiger charge is -2.02. The zero-order valence-electron chi connectivity index (χ0n) is 11.1. The van der Waals surface area contributed by atoms with Crippen molar-refractivity contribution < 1.29 is 14.3 Å². The SMILES string of the molecule is CCNC(=O)CNC(=O)/C=C/c1ccc(OC)cc1. The quantitative estimate of drug-likeness (QED) is 0.750. The van der Waals surface area contributed by atoms with Gasteiger partial charge in [-0.15, -0.1) is 0 Å². The van der Waals surface area contributed by atoms with Crippen molar-refractivity contribution in [3.63, 3.8) is 0 Å². The summed E-state index contributed by atoms with van der Waals surface area (Å²) in [7, 11) is 1.60. The Morgan fingerprint density at radius 1 is 1.21 bits per heavy atom. The second kappa shape index (κ2) is 7.92. The van der Waals surface area contributed by atoms with Crippen molar-refractivity contribution in [3.05, 3.63) is 35.9 Å². The summed E-state index contributed by atoms with van der Waals surface area (Å²) in [5.74, 6) is 0.258. The molecular formula is C14H18N2O3. The molecule has 0 saturated heterocycles. The molecule has 0 fully saturated rings. The van der Waals surface area contributed by atoms with E-state index in [1.54, 1.807) is 13.2 Å². The molecule has 0 radical (unpaired) electrons. The van der Waals surface area contributed by atoms with Crippen molar-refractivity contribution in [2.45, 2.75) is 6.92 Å². The minimum atomic E-state index is -0.304. The van der Waals surface area contributed by atoms with Crippen molar-refractivity contribution in [1.29, 1.82) is 0 Å². The summed E-state index contributed by atoms with van der Waals surface area (Å²) in [5, 5.41) is 5.09. The van der Waals surface area contributed by atoms with Gasteiger partial charge in [0.05, 0.1) is 13.7 Å². The second-order valence-corrected chi connectivity index (χ2v) is 3.78. The van der Waals surface area contributed by atoms with Gasteiger partial charge in [-0.25, -0.2) is 0 Å². The molecule has 5 heteroatoms. The van der Waals surface area contributed by atoms with E-state index in [0.29, 0.717) is 6.54 Å². The van der Waals surface area contributed by atoms with E-state index in [2.05, 4.69) is 10.6 Å². The number of amides is 2. The number of hydrogen-bond acceptors (Lipinski definition) is 3. The van der Waals surface area contributed by atoms with Gasteiger partial charge in [0.25, 0.3) is 0 Å². The number of carbonyl (C=O) groups is 2. The highest BCUT2D eigenvalue weighted by Gasteiger charge is 2.00. The van der Waals surface area contributed by atoms with E-state index in [1.807, 2.05) is 31.2 Å². The van der Waals surface area contributed by atoms with Crippen molar-refractivity contribution in [2.75, 3.05) is 20.2 Å². The highest BCUT2D eigenvalue weighted by molar-refractivity contribution is 5.94. The fourth-order valence-corrected chi connectivity index (χ4v) is 1.37. The summed E-state index contributed by atoms with van der Waals surface area (Å²) in [5.41, 5.74) is 0.883. The smallest absolute Gasteiger partial charge is 0.244 e. The molecule has 0 atom stereocenters. The first-order valence-corrected chi connectivity index (χ1v) is 6.02. The number of rotatable bonds is 6. The van der Waals surface area contributed by atoms with Crippen LogP contribution in [0.15, 0.2) is 30.3 Å². The standard InChI is InChI=1S/C14H18N2O3/c1-3-15-14(18)10-16-13(17)9-6-11-4-7-12(19-2)8-5-11/h4-9H,3,10H2,1-2H3,(H,15,18)(H,16,17)/b9-6+. The molecule has 0 saturated carbocycles. The van der Waals surface area contributed by atoms with E-state index in [4.69, 9.17) is 4.74 Å². The Labute approximate surface area is 112 Å². The molecule has 2 amide bonds. The maximum absolute atomic E-state index is 11.4. The fourth-order valence-electron chi connectivity index (χ4n) is 1.37. The van der Waals surface area contributed by atoms with Crippen LogP contribution in [0.3, 0.4) is 0 Å². The van der Waals surface area contributed by atoms with E-state index >= 15 is 0 Å². The molecule has 1 aromatic carbocycles. The molecule has 0 bridgehead atoms. The average molecular weight is 262 g/mol. The van der Waals surface area contributed by atoms with E-state index in [-0.39, 0.29) is 18.4 Å². The van der Waals surface area contributed by atoms with Crippen LogP contribution in [-0.2, 0) is 9.59 Å². The molecule has 0 unspecified atom stereocenters. The molecule has 0 aliphatic heterocycles. The van der Waals surface area contributed by atoms with Crippen LogP contribution in [0, 0.1) is 0 Å². The first kappa shape index (κ1) is 14.8. The van der Waals surface area contributed by atoms with Crippen LogP contribution in [-0.4, -0.2) is 32.0 Å². The Bertz CT molecular complexity index is 452. The summed E-state index contributed by atoms with van der Waals surface area (Å²) in [6.45, 7) is 2.36. The van der Waals surface area contributed by atoms with Gasteiger partial charge < -0.3 is 15.4 Å². The lowest BCUT2D eigenvalue weighted by atomic mass is 10.2. The third kappa shape index (κ3) is 5.72. The molecule has 19 heavy (non-hydrogen) atoms. The molecule has 0 aliphatic carbocycles. The van der Waals surface area contributed by atoms with Crippen molar-refractivity contribution in [3.8, 4) is 5.75 Å².